The van der Waals surface area contributed by atoms with Crippen molar-refractivity contribution in [2.24, 2.45) is 0 Å². The monoisotopic (exact) mass is 542 g/mol. The van der Waals surface area contributed by atoms with Gasteiger partial charge in [-0.1, -0.05) is 133 Å². The Morgan fingerprint density at radius 3 is 1.28 bits per heavy atom. The predicted octanol–water partition coefficient (Wildman–Crippen LogP) is 10.2. The van der Waals surface area contributed by atoms with Crippen LogP contribution >= 0.6 is 0 Å². The molecule has 0 aromatic heterocycles. The minimum absolute atomic E-state index is 0.587. The van der Waals surface area contributed by atoms with Crippen molar-refractivity contribution in [1.82, 2.24) is 0 Å². The van der Waals surface area contributed by atoms with Gasteiger partial charge in [0.1, 0.15) is 0 Å². The highest BCUT2D eigenvalue weighted by Gasteiger charge is 2.13. The lowest BCUT2D eigenvalue weighted by molar-refractivity contribution is -0.465. The highest BCUT2D eigenvalue weighted by Crippen LogP contribution is 2.33. The third-order valence-corrected chi connectivity index (χ3v) is 6.43. The Bertz CT molecular complexity index is 1170. The Kier molecular flexibility index (Phi) is 17.8. The second-order valence-electron chi connectivity index (χ2n) is 10.4. The molecule has 0 bridgehead atoms. The maximum absolute atomic E-state index is 6.62. The van der Waals surface area contributed by atoms with E-state index in [9.17, 15) is 0 Å². The van der Waals surface area contributed by atoms with E-state index >= 15 is 0 Å². The molecule has 0 spiro atoms. The molecule has 4 aromatic rings. The number of rotatable bonds is 4. The van der Waals surface area contributed by atoms with Gasteiger partial charge in [0.25, 0.3) is 0 Å². The lowest BCUT2D eigenvalue weighted by atomic mass is 9.86. The van der Waals surface area contributed by atoms with Crippen LogP contribution in [0, 0.1) is 0 Å². The van der Waals surface area contributed by atoms with E-state index in [4.69, 9.17) is 31.5 Å². The van der Waals surface area contributed by atoms with Crippen LogP contribution in [0.5, 0.6) is 0 Å². The Morgan fingerprint density at radius 1 is 0.487 bits per heavy atom. The molecule has 0 atom stereocenters. The Morgan fingerprint density at radius 2 is 0.897 bits per heavy atom. The molecule has 7 heteroatoms. The van der Waals surface area contributed by atoms with Gasteiger partial charge in [-0.2, -0.15) is 0 Å². The molecule has 216 valence electrons. The number of hydrogen-bond donors (Lipinski definition) is 6. The fraction of sp³-hybridized carbons (Fsp3) is 0.375. The van der Waals surface area contributed by atoms with Crippen LogP contribution in [0.3, 0.4) is 0 Å². The quantitative estimate of drug-likeness (QED) is 0.112. The zero-order valence-electron chi connectivity index (χ0n) is 24.3. The predicted molar refractivity (Wildman–Crippen MR) is 161 cm³/mol. The molecule has 7 nitrogen and oxygen atoms in total. The van der Waals surface area contributed by atoms with E-state index in [1.807, 2.05) is 0 Å². The smallest absolute Gasteiger partial charge is 0.0146 e. The molecule has 0 aliphatic rings. The van der Waals surface area contributed by atoms with Crippen LogP contribution in [0.25, 0.3) is 21.5 Å². The summed E-state index contributed by atoms with van der Waals surface area (Å²) < 4.78 is 0. The van der Waals surface area contributed by atoms with Gasteiger partial charge >= 0.3 is 0 Å². The van der Waals surface area contributed by atoms with Crippen molar-refractivity contribution in [3.05, 3.63) is 95.1 Å². The van der Waals surface area contributed by atoms with Gasteiger partial charge in [0.05, 0.1) is 0 Å². The fourth-order valence-electron chi connectivity index (χ4n) is 4.46. The van der Waals surface area contributed by atoms with Crippen LogP contribution in [-0.2, 0) is 5.04 Å². The van der Waals surface area contributed by atoms with E-state index in [0.717, 1.165) is 0 Å². The van der Waals surface area contributed by atoms with Crippen molar-refractivity contribution in [2.75, 3.05) is 0 Å². The maximum Gasteiger partial charge on any atom is -0.0146 e. The van der Waals surface area contributed by atoms with E-state index in [2.05, 4.69) is 133 Å². The summed E-state index contributed by atoms with van der Waals surface area (Å²) in [5.41, 5.74) is 5.86. The molecule has 4 aromatic carbocycles. The van der Waals surface area contributed by atoms with E-state index in [-0.39, 0.29) is 0 Å². The number of hydrogen-bond acceptors (Lipinski definition) is 7. The summed E-state index contributed by atoms with van der Waals surface area (Å²) in [6.45, 7) is 18.1. The molecule has 0 unspecified atom stereocenters. The van der Waals surface area contributed by atoms with Gasteiger partial charge < -0.3 is 0 Å². The topological polar surface area (TPSA) is 131 Å². The molecule has 0 heterocycles. The highest BCUT2D eigenvalue weighted by molar-refractivity contribution is 5.87. The van der Waals surface area contributed by atoms with Crippen LogP contribution in [0.2, 0.25) is 0 Å². The van der Waals surface area contributed by atoms with Crippen LogP contribution < -0.4 is 0 Å². The maximum atomic E-state index is 6.62. The van der Waals surface area contributed by atoms with Gasteiger partial charge in [0.15, 0.2) is 0 Å². The van der Waals surface area contributed by atoms with E-state index in [0.29, 0.717) is 23.7 Å². The van der Waals surface area contributed by atoms with Crippen molar-refractivity contribution < 1.29 is 36.6 Å². The lowest BCUT2D eigenvalue weighted by Gasteiger charge is -2.18. The minimum atomic E-state index is 0.587. The fourth-order valence-corrected chi connectivity index (χ4v) is 4.46. The van der Waals surface area contributed by atoms with Gasteiger partial charge in [0, 0.05) is 0 Å². The lowest BCUT2D eigenvalue weighted by Crippen LogP contribution is -1.99. The van der Waals surface area contributed by atoms with Gasteiger partial charge in [-0.05, 0) is 67.5 Å². The summed E-state index contributed by atoms with van der Waals surface area (Å²) in [6, 6.07) is 26.8. The van der Waals surface area contributed by atoms with Crippen molar-refractivity contribution >= 4 is 21.5 Å². The van der Waals surface area contributed by atoms with Crippen LogP contribution in [0.15, 0.2) is 72.8 Å². The molecule has 0 saturated heterocycles. The largest absolute Gasteiger partial charge is 0.255 e. The molecule has 0 amide bonds. The first-order chi connectivity index (χ1) is 18.6. The van der Waals surface area contributed by atoms with Crippen molar-refractivity contribution in [1.29, 1.82) is 0 Å². The average molecular weight is 543 g/mol. The summed E-state index contributed by atoms with van der Waals surface area (Å²) >= 11 is 0. The van der Waals surface area contributed by atoms with Gasteiger partial charge in [-0.25, -0.2) is 10.5 Å². The normalized spacial score (nSPS) is 10.3. The van der Waals surface area contributed by atoms with Crippen molar-refractivity contribution in [3.8, 4) is 0 Å². The molecule has 0 radical (unpaired) electrons. The summed E-state index contributed by atoms with van der Waals surface area (Å²) in [7, 11) is 0. The second kappa shape index (κ2) is 19.2. The molecule has 0 fully saturated rings. The van der Waals surface area contributed by atoms with E-state index in [1.54, 1.807) is 0 Å². The SMILES string of the molecule is CC(C)c1ccc2cc(C(C)C)ccc2c1.CC(C)c1ccc2ccccc2c1C(C)C.OO.OO.OOO. The first-order valence-corrected chi connectivity index (χ1v) is 13.0. The van der Waals surface area contributed by atoms with Crippen molar-refractivity contribution in [3.63, 3.8) is 0 Å². The molecule has 0 aliphatic heterocycles. The Hall–Kier alpha value is -2.88. The van der Waals surface area contributed by atoms with Crippen LogP contribution in [-0.4, -0.2) is 31.5 Å². The van der Waals surface area contributed by atoms with Gasteiger partial charge in [0.2, 0.25) is 0 Å². The zero-order chi connectivity index (χ0) is 30.1. The molecule has 39 heavy (non-hydrogen) atoms. The highest BCUT2D eigenvalue weighted by atomic mass is 17.4. The van der Waals surface area contributed by atoms with Crippen LogP contribution in [0.1, 0.15) is 101 Å². The third kappa shape index (κ3) is 11.0. The van der Waals surface area contributed by atoms with Crippen molar-refractivity contribution in [2.45, 2.75) is 79.1 Å². The summed E-state index contributed by atoms with van der Waals surface area (Å²) in [5.74, 6) is 2.40. The molecular weight excluding hydrogens is 496 g/mol. The van der Waals surface area contributed by atoms with E-state index in [1.165, 1.54) is 43.8 Å². The number of benzene rings is 4. The molecule has 6 N–H and O–H groups in total. The minimum Gasteiger partial charge on any atom is -0.255 e. The first-order valence-electron chi connectivity index (χ1n) is 13.0. The average Bonchev–Trinajstić information content (AvgIpc) is 2.94. The van der Waals surface area contributed by atoms with Gasteiger partial charge in [-0.3, -0.25) is 21.0 Å². The molecule has 0 saturated carbocycles. The number of fused-ring (bicyclic) bond motifs is 2. The first kappa shape index (κ1) is 36.1. The van der Waals surface area contributed by atoms with Gasteiger partial charge in [-0.15, -0.1) is 0 Å². The Balaban J connectivity index is 0.000000603. The standard InChI is InChI=1S/2C16H20.H2O3.2H2O2/c1-11(2)13-5-7-16-10-14(12(3)4)6-8-15(16)9-13;1-11(2)14-10-9-13-7-5-6-8-15(13)16(14)12(3)4;1-3-2;2*1-2/h2*5-12H,1-4H3;1-2H;2*1-2H. The third-order valence-electron chi connectivity index (χ3n) is 6.43. The second-order valence-corrected chi connectivity index (χ2v) is 10.4. The van der Waals surface area contributed by atoms with Crippen LogP contribution in [0.4, 0.5) is 0 Å². The molecule has 4 rings (SSSR count). The summed E-state index contributed by atoms with van der Waals surface area (Å²) in [5, 5.41) is 45.0. The summed E-state index contributed by atoms with van der Waals surface area (Å²) in [4.78, 5) is 0. The summed E-state index contributed by atoms with van der Waals surface area (Å²) in [6.07, 6.45) is 0. The molecular formula is C32H46O7. The van der Waals surface area contributed by atoms with E-state index < -0.39 is 0 Å². The Labute approximate surface area is 232 Å². The zero-order valence-corrected chi connectivity index (χ0v) is 24.3. The molecule has 0 aliphatic carbocycles.